The molecular formula is C15H18O6. The van der Waals surface area contributed by atoms with E-state index in [1.54, 1.807) is 39.5 Å². The lowest BCUT2D eigenvalue weighted by molar-refractivity contribution is -0.100. The summed E-state index contributed by atoms with van der Waals surface area (Å²) < 4.78 is 26.1. The number of rotatable bonds is 7. The van der Waals surface area contributed by atoms with Crippen LogP contribution in [0.2, 0.25) is 0 Å². The summed E-state index contributed by atoms with van der Waals surface area (Å²) in [6.07, 6.45) is 0.0318. The Kier molecular flexibility index (Phi) is 5.32. The van der Waals surface area contributed by atoms with Crippen molar-refractivity contribution in [2.45, 2.75) is 12.7 Å². The topological polar surface area (TPSA) is 67.1 Å². The minimum Gasteiger partial charge on any atom is -0.467 e. The standard InChI is InChI=1S/C15H18O6/c1-17-9-20-12-5-6-13-10(4-7-14(16)21-13)11(12)8-15(18-2)19-3/h4-7,15H,8-9H2,1-3H3. The summed E-state index contributed by atoms with van der Waals surface area (Å²) in [5.41, 5.74) is 0.935. The van der Waals surface area contributed by atoms with Gasteiger partial charge in [-0.3, -0.25) is 0 Å². The van der Waals surface area contributed by atoms with E-state index in [4.69, 9.17) is 23.4 Å². The summed E-state index contributed by atoms with van der Waals surface area (Å²) in [5, 5.41) is 0.780. The van der Waals surface area contributed by atoms with Gasteiger partial charge in [0.25, 0.3) is 0 Å². The third-order valence-corrected chi connectivity index (χ3v) is 3.10. The fourth-order valence-electron chi connectivity index (χ4n) is 2.09. The van der Waals surface area contributed by atoms with Gasteiger partial charge in [-0.15, -0.1) is 0 Å². The van der Waals surface area contributed by atoms with Crippen LogP contribution in [0.5, 0.6) is 5.75 Å². The highest BCUT2D eigenvalue weighted by Crippen LogP contribution is 2.29. The molecule has 2 rings (SSSR count). The third-order valence-electron chi connectivity index (χ3n) is 3.10. The van der Waals surface area contributed by atoms with Crippen molar-refractivity contribution in [1.82, 2.24) is 0 Å². The Morgan fingerprint density at radius 3 is 2.52 bits per heavy atom. The van der Waals surface area contributed by atoms with E-state index in [-0.39, 0.29) is 6.79 Å². The second kappa shape index (κ2) is 7.21. The lowest BCUT2D eigenvalue weighted by Gasteiger charge is -2.17. The van der Waals surface area contributed by atoms with E-state index in [0.29, 0.717) is 17.8 Å². The second-order valence-corrected chi connectivity index (χ2v) is 4.36. The molecule has 21 heavy (non-hydrogen) atoms. The molecule has 1 aromatic heterocycles. The van der Waals surface area contributed by atoms with Crippen molar-refractivity contribution in [2.75, 3.05) is 28.1 Å². The van der Waals surface area contributed by atoms with Gasteiger partial charge in [0.05, 0.1) is 0 Å². The Bertz CT molecular complexity index is 644. The first kappa shape index (κ1) is 15.5. The molecule has 0 bridgehead atoms. The number of ether oxygens (including phenoxy) is 4. The van der Waals surface area contributed by atoms with Crippen molar-refractivity contribution >= 4 is 11.0 Å². The molecule has 0 aliphatic carbocycles. The van der Waals surface area contributed by atoms with Crippen LogP contribution >= 0.6 is 0 Å². The van der Waals surface area contributed by atoms with Crippen LogP contribution in [0.1, 0.15) is 5.56 Å². The van der Waals surface area contributed by atoms with E-state index in [1.807, 2.05) is 0 Å². The normalized spacial score (nSPS) is 11.2. The minimum atomic E-state index is -0.424. The number of benzene rings is 1. The van der Waals surface area contributed by atoms with E-state index in [9.17, 15) is 4.79 Å². The van der Waals surface area contributed by atoms with Crippen LogP contribution in [0.25, 0.3) is 11.0 Å². The predicted octanol–water partition coefficient (Wildman–Crippen LogP) is 1.94. The molecule has 0 fully saturated rings. The van der Waals surface area contributed by atoms with E-state index in [1.165, 1.54) is 6.07 Å². The fraction of sp³-hybridized carbons (Fsp3) is 0.400. The summed E-state index contributed by atoms with van der Waals surface area (Å²) in [7, 11) is 4.68. The van der Waals surface area contributed by atoms with Gasteiger partial charge in [-0.25, -0.2) is 4.79 Å². The van der Waals surface area contributed by atoms with Gasteiger partial charge in [-0.1, -0.05) is 0 Å². The molecule has 6 heteroatoms. The molecule has 0 saturated carbocycles. The van der Waals surface area contributed by atoms with E-state index >= 15 is 0 Å². The zero-order chi connectivity index (χ0) is 15.2. The van der Waals surface area contributed by atoms with Gasteiger partial charge in [0, 0.05) is 44.8 Å². The molecule has 0 aliphatic rings. The van der Waals surface area contributed by atoms with Crippen molar-refractivity contribution in [1.29, 1.82) is 0 Å². The Hall–Kier alpha value is -1.89. The first-order chi connectivity index (χ1) is 10.2. The molecule has 1 aromatic carbocycles. The zero-order valence-electron chi connectivity index (χ0n) is 12.3. The molecule has 0 unspecified atom stereocenters. The van der Waals surface area contributed by atoms with Crippen molar-refractivity contribution < 1.29 is 23.4 Å². The Labute approximate surface area is 122 Å². The van der Waals surface area contributed by atoms with E-state index in [2.05, 4.69) is 0 Å². The number of hydrogen-bond acceptors (Lipinski definition) is 6. The van der Waals surface area contributed by atoms with Crippen molar-refractivity contribution in [3.05, 3.63) is 40.2 Å². The minimum absolute atomic E-state index is 0.125. The summed E-state index contributed by atoms with van der Waals surface area (Å²) >= 11 is 0. The van der Waals surface area contributed by atoms with Gasteiger partial charge in [-0.05, 0) is 18.2 Å². The van der Waals surface area contributed by atoms with E-state index < -0.39 is 11.9 Å². The average Bonchev–Trinajstić information content (AvgIpc) is 2.50. The Morgan fingerprint density at radius 1 is 1.10 bits per heavy atom. The molecule has 0 N–H and O–H groups in total. The SMILES string of the molecule is COCOc1ccc2oc(=O)ccc2c1CC(OC)OC. The smallest absolute Gasteiger partial charge is 0.336 e. The highest BCUT2D eigenvalue weighted by molar-refractivity contribution is 5.82. The molecule has 0 atom stereocenters. The molecular weight excluding hydrogens is 276 g/mol. The molecule has 1 heterocycles. The zero-order valence-corrected chi connectivity index (χ0v) is 12.3. The van der Waals surface area contributed by atoms with Crippen LogP contribution in [-0.2, 0) is 20.6 Å². The first-order valence-corrected chi connectivity index (χ1v) is 6.42. The average molecular weight is 294 g/mol. The lowest BCUT2D eigenvalue weighted by Crippen LogP contribution is -2.17. The summed E-state index contributed by atoms with van der Waals surface area (Å²) in [4.78, 5) is 11.3. The van der Waals surface area contributed by atoms with E-state index in [0.717, 1.165) is 10.9 Å². The highest BCUT2D eigenvalue weighted by atomic mass is 16.7. The second-order valence-electron chi connectivity index (χ2n) is 4.36. The van der Waals surface area contributed by atoms with Gasteiger partial charge in [0.1, 0.15) is 11.3 Å². The molecule has 0 amide bonds. The number of methoxy groups -OCH3 is 3. The van der Waals surface area contributed by atoms with Crippen LogP contribution in [0.3, 0.4) is 0 Å². The monoisotopic (exact) mass is 294 g/mol. The van der Waals surface area contributed by atoms with Gasteiger partial charge < -0.3 is 23.4 Å². The lowest BCUT2D eigenvalue weighted by atomic mass is 10.0. The maximum absolute atomic E-state index is 11.3. The molecule has 6 nitrogen and oxygen atoms in total. The van der Waals surface area contributed by atoms with Gasteiger partial charge in [0.15, 0.2) is 13.1 Å². The first-order valence-electron chi connectivity index (χ1n) is 6.42. The van der Waals surface area contributed by atoms with Crippen LogP contribution in [-0.4, -0.2) is 34.4 Å². The molecule has 0 radical (unpaired) electrons. The van der Waals surface area contributed by atoms with Crippen molar-refractivity contribution in [3.63, 3.8) is 0 Å². The summed E-state index contributed by atoms with van der Waals surface area (Å²) in [6, 6.07) is 6.51. The van der Waals surface area contributed by atoms with Crippen molar-refractivity contribution in [2.24, 2.45) is 0 Å². The van der Waals surface area contributed by atoms with Gasteiger partial charge >= 0.3 is 5.63 Å². The molecule has 0 aliphatic heterocycles. The largest absolute Gasteiger partial charge is 0.467 e. The molecule has 2 aromatic rings. The number of fused-ring (bicyclic) bond motifs is 1. The quantitative estimate of drug-likeness (QED) is 0.574. The third kappa shape index (κ3) is 3.60. The summed E-state index contributed by atoms with van der Waals surface area (Å²) in [6.45, 7) is 0.125. The van der Waals surface area contributed by atoms with Crippen LogP contribution < -0.4 is 10.4 Å². The maximum Gasteiger partial charge on any atom is 0.336 e. The molecule has 114 valence electrons. The van der Waals surface area contributed by atoms with Crippen LogP contribution in [0.4, 0.5) is 0 Å². The van der Waals surface area contributed by atoms with Crippen LogP contribution in [0, 0.1) is 0 Å². The van der Waals surface area contributed by atoms with Crippen LogP contribution in [0.15, 0.2) is 33.5 Å². The van der Waals surface area contributed by atoms with Gasteiger partial charge in [-0.2, -0.15) is 0 Å². The molecule has 0 saturated heterocycles. The highest BCUT2D eigenvalue weighted by Gasteiger charge is 2.16. The van der Waals surface area contributed by atoms with Crippen molar-refractivity contribution in [3.8, 4) is 5.75 Å². The number of hydrogen-bond donors (Lipinski definition) is 0. The molecule has 0 spiro atoms. The fourth-order valence-corrected chi connectivity index (χ4v) is 2.09. The predicted molar refractivity (Wildman–Crippen MR) is 76.5 cm³/mol. The Morgan fingerprint density at radius 2 is 1.86 bits per heavy atom. The maximum atomic E-state index is 11.3. The van der Waals surface area contributed by atoms with Gasteiger partial charge in [0.2, 0.25) is 0 Å². The Balaban J connectivity index is 2.50. The summed E-state index contributed by atoms with van der Waals surface area (Å²) in [5.74, 6) is 0.636.